The molecule has 1 aromatic carbocycles. The van der Waals surface area contributed by atoms with Crippen LogP contribution in [-0.4, -0.2) is 19.4 Å². The van der Waals surface area contributed by atoms with Crippen LogP contribution in [-0.2, 0) is 9.53 Å². The summed E-state index contributed by atoms with van der Waals surface area (Å²) >= 11 is 0. The second kappa shape index (κ2) is 3.57. The molecule has 0 aliphatic carbocycles. The normalized spacial score (nSPS) is 14.1. The molecule has 0 bridgehead atoms. The molecule has 0 saturated heterocycles. The van der Waals surface area contributed by atoms with Gasteiger partial charge in [0.05, 0.1) is 7.11 Å². The summed E-state index contributed by atoms with van der Waals surface area (Å²) in [5.74, 6) is 0.991. The Morgan fingerprint density at radius 1 is 1.36 bits per heavy atom. The van der Waals surface area contributed by atoms with E-state index in [1.54, 1.807) is 12.1 Å². The zero-order valence-corrected chi connectivity index (χ0v) is 7.73. The lowest BCUT2D eigenvalue weighted by Gasteiger charge is -2.07. The summed E-state index contributed by atoms with van der Waals surface area (Å²) in [6.07, 6.45) is -0.453. The lowest BCUT2D eigenvalue weighted by atomic mass is 10.3. The van der Waals surface area contributed by atoms with E-state index in [9.17, 15) is 4.79 Å². The Balaban J connectivity index is 2.01. The fourth-order valence-electron chi connectivity index (χ4n) is 1.25. The van der Waals surface area contributed by atoms with E-state index in [1.165, 1.54) is 7.11 Å². The van der Waals surface area contributed by atoms with E-state index < -0.39 is 6.29 Å². The third-order valence-electron chi connectivity index (χ3n) is 1.93. The first kappa shape index (κ1) is 8.87. The molecule has 2 rings (SSSR count). The van der Waals surface area contributed by atoms with E-state index in [2.05, 4.69) is 4.74 Å². The van der Waals surface area contributed by atoms with Crippen molar-refractivity contribution in [1.29, 1.82) is 0 Å². The van der Waals surface area contributed by atoms with Crippen LogP contribution in [0.25, 0.3) is 0 Å². The minimum absolute atomic E-state index is 0.102. The van der Waals surface area contributed by atoms with Crippen LogP contribution in [0.5, 0.6) is 11.5 Å². The molecule has 14 heavy (non-hydrogen) atoms. The molecule has 4 heteroatoms. The molecule has 0 unspecified atom stereocenters. The summed E-state index contributed by atoms with van der Waals surface area (Å²) in [6, 6.07) is 7.30. The van der Waals surface area contributed by atoms with Gasteiger partial charge in [0.25, 0.3) is 6.29 Å². The number of benzene rings is 1. The number of ether oxygens (including phenoxy) is 3. The average molecular weight is 194 g/mol. The largest absolute Gasteiger partial charge is 0.469 e. The molecule has 1 aliphatic rings. The minimum Gasteiger partial charge on any atom is -0.469 e. The van der Waals surface area contributed by atoms with Crippen molar-refractivity contribution in [3.05, 3.63) is 24.3 Å². The van der Waals surface area contributed by atoms with Gasteiger partial charge in [0.1, 0.15) is 6.42 Å². The highest BCUT2D eigenvalue weighted by atomic mass is 16.7. The van der Waals surface area contributed by atoms with Crippen molar-refractivity contribution in [2.45, 2.75) is 12.7 Å². The van der Waals surface area contributed by atoms with Gasteiger partial charge in [-0.2, -0.15) is 0 Å². The second-order valence-electron chi connectivity index (χ2n) is 2.89. The third kappa shape index (κ3) is 1.64. The van der Waals surface area contributed by atoms with Gasteiger partial charge in [-0.3, -0.25) is 4.79 Å². The average Bonchev–Trinajstić information content (AvgIpc) is 2.59. The minimum atomic E-state index is -0.556. The van der Waals surface area contributed by atoms with Gasteiger partial charge >= 0.3 is 5.97 Å². The maximum Gasteiger partial charge on any atom is 0.313 e. The quantitative estimate of drug-likeness (QED) is 0.666. The number of methoxy groups -OCH3 is 1. The van der Waals surface area contributed by atoms with Crippen molar-refractivity contribution >= 4 is 5.97 Å². The van der Waals surface area contributed by atoms with E-state index in [-0.39, 0.29) is 12.4 Å². The predicted octanol–water partition coefficient (Wildman–Crippen LogP) is 1.35. The van der Waals surface area contributed by atoms with Gasteiger partial charge in [0, 0.05) is 0 Å². The van der Waals surface area contributed by atoms with Gasteiger partial charge < -0.3 is 14.2 Å². The molecule has 0 atom stereocenters. The van der Waals surface area contributed by atoms with Crippen molar-refractivity contribution < 1.29 is 19.0 Å². The number of hydrogen-bond donors (Lipinski definition) is 0. The number of hydrogen-bond acceptors (Lipinski definition) is 4. The molecule has 0 N–H and O–H groups in total. The molecule has 0 amide bonds. The number of esters is 1. The molecule has 0 radical (unpaired) electrons. The fraction of sp³-hybridized carbons (Fsp3) is 0.300. The van der Waals surface area contributed by atoms with E-state index in [0.717, 1.165) is 0 Å². The van der Waals surface area contributed by atoms with Gasteiger partial charge in [-0.25, -0.2) is 0 Å². The molecule has 0 saturated carbocycles. The molecule has 0 aromatic heterocycles. The van der Waals surface area contributed by atoms with Gasteiger partial charge in [-0.15, -0.1) is 0 Å². The number of rotatable bonds is 2. The van der Waals surface area contributed by atoms with Crippen LogP contribution in [0, 0.1) is 0 Å². The third-order valence-corrected chi connectivity index (χ3v) is 1.93. The standard InChI is InChI=1S/C10H10O4/c1-12-9(11)6-10-13-7-4-2-3-5-8(7)14-10/h2-5,10H,6H2,1H3. The predicted molar refractivity (Wildman–Crippen MR) is 48.1 cm³/mol. The van der Waals surface area contributed by atoms with Gasteiger partial charge in [-0.05, 0) is 12.1 Å². The van der Waals surface area contributed by atoms with Crippen LogP contribution in [0.15, 0.2) is 24.3 Å². The molecule has 4 nitrogen and oxygen atoms in total. The summed E-state index contributed by atoms with van der Waals surface area (Å²) in [5.41, 5.74) is 0. The molecule has 1 heterocycles. The fourth-order valence-corrected chi connectivity index (χ4v) is 1.25. The lowest BCUT2D eigenvalue weighted by Crippen LogP contribution is -2.22. The zero-order valence-electron chi connectivity index (χ0n) is 7.73. The van der Waals surface area contributed by atoms with Crippen LogP contribution >= 0.6 is 0 Å². The van der Waals surface area contributed by atoms with Crippen LogP contribution in [0.4, 0.5) is 0 Å². The topological polar surface area (TPSA) is 44.8 Å². The van der Waals surface area contributed by atoms with E-state index >= 15 is 0 Å². The summed E-state index contributed by atoms with van der Waals surface area (Å²) in [4.78, 5) is 10.9. The Hall–Kier alpha value is -1.71. The number of fused-ring (bicyclic) bond motifs is 1. The summed E-state index contributed by atoms with van der Waals surface area (Å²) < 4.78 is 15.2. The van der Waals surface area contributed by atoms with Crippen LogP contribution in [0.3, 0.4) is 0 Å². The highest BCUT2D eigenvalue weighted by Gasteiger charge is 2.26. The molecule has 1 aromatic rings. The Labute approximate surface area is 81.4 Å². The zero-order chi connectivity index (χ0) is 9.97. The highest BCUT2D eigenvalue weighted by molar-refractivity contribution is 5.69. The number of para-hydroxylation sites is 2. The highest BCUT2D eigenvalue weighted by Crippen LogP contribution is 2.34. The van der Waals surface area contributed by atoms with Crippen molar-refractivity contribution in [1.82, 2.24) is 0 Å². The Kier molecular flexibility index (Phi) is 2.26. The molecule has 74 valence electrons. The Morgan fingerprint density at radius 2 is 1.93 bits per heavy atom. The van der Waals surface area contributed by atoms with Crippen molar-refractivity contribution in [3.63, 3.8) is 0 Å². The lowest BCUT2D eigenvalue weighted by molar-refractivity contribution is -0.145. The Bertz CT molecular complexity index is 323. The monoisotopic (exact) mass is 194 g/mol. The molecule has 0 fully saturated rings. The smallest absolute Gasteiger partial charge is 0.313 e. The van der Waals surface area contributed by atoms with E-state index in [0.29, 0.717) is 11.5 Å². The van der Waals surface area contributed by atoms with Crippen molar-refractivity contribution in [3.8, 4) is 11.5 Å². The molecule has 0 spiro atoms. The summed E-state index contributed by atoms with van der Waals surface area (Å²) in [5, 5.41) is 0. The first-order valence-corrected chi connectivity index (χ1v) is 4.29. The van der Waals surface area contributed by atoms with Crippen LogP contribution < -0.4 is 9.47 Å². The van der Waals surface area contributed by atoms with Gasteiger partial charge in [-0.1, -0.05) is 12.1 Å². The summed E-state index contributed by atoms with van der Waals surface area (Å²) in [6.45, 7) is 0. The van der Waals surface area contributed by atoms with Crippen LogP contribution in [0.2, 0.25) is 0 Å². The molecule has 1 aliphatic heterocycles. The maximum atomic E-state index is 10.9. The molecular formula is C10H10O4. The Morgan fingerprint density at radius 3 is 2.43 bits per heavy atom. The molecular weight excluding hydrogens is 184 g/mol. The van der Waals surface area contributed by atoms with Gasteiger partial charge in [0.2, 0.25) is 0 Å². The van der Waals surface area contributed by atoms with Crippen molar-refractivity contribution in [2.24, 2.45) is 0 Å². The first-order chi connectivity index (χ1) is 6.79. The van der Waals surface area contributed by atoms with E-state index in [1.807, 2.05) is 12.1 Å². The van der Waals surface area contributed by atoms with Gasteiger partial charge in [0.15, 0.2) is 11.5 Å². The maximum absolute atomic E-state index is 10.9. The number of carbonyl (C=O) groups excluding carboxylic acids is 1. The number of carbonyl (C=O) groups is 1. The van der Waals surface area contributed by atoms with E-state index in [4.69, 9.17) is 9.47 Å². The second-order valence-corrected chi connectivity index (χ2v) is 2.89. The van der Waals surface area contributed by atoms with Crippen molar-refractivity contribution in [2.75, 3.05) is 7.11 Å². The first-order valence-electron chi connectivity index (χ1n) is 4.29. The summed E-state index contributed by atoms with van der Waals surface area (Å²) in [7, 11) is 1.34. The van der Waals surface area contributed by atoms with Crippen LogP contribution in [0.1, 0.15) is 6.42 Å². The SMILES string of the molecule is COC(=O)CC1Oc2ccccc2O1.